The lowest BCUT2D eigenvalue weighted by molar-refractivity contribution is -0.132. The van der Waals surface area contributed by atoms with Crippen molar-refractivity contribution in [2.24, 2.45) is 0 Å². The van der Waals surface area contributed by atoms with Gasteiger partial charge in [-0.15, -0.1) is 0 Å². The van der Waals surface area contributed by atoms with Crippen molar-refractivity contribution < 1.29 is 4.79 Å². The van der Waals surface area contributed by atoms with Gasteiger partial charge in [-0.25, -0.2) is 0 Å². The molecule has 0 aromatic rings. The zero-order valence-electron chi connectivity index (χ0n) is 12.1. The average Bonchev–Trinajstić information content (AvgIpc) is 2.41. The topological polar surface area (TPSA) is 20.3 Å². The Morgan fingerprint density at radius 3 is 2.12 bits per heavy atom. The summed E-state index contributed by atoms with van der Waals surface area (Å²) < 4.78 is 0. The van der Waals surface area contributed by atoms with Gasteiger partial charge in [-0.2, -0.15) is 0 Å². The van der Waals surface area contributed by atoms with E-state index in [9.17, 15) is 4.79 Å². The minimum atomic E-state index is 0.395. The smallest absolute Gasteiger partial charge is 0.222 e. The van der Waals surface area contributed by atoms with Gasteiger partial charge in [0.2, 0.25) is 5.91 Å². The molecule has 1 aliphatic rings. The standard InChI is InChI=1S/C13H25NO.C2H6/c1-2-3-4-5-7-10-13(15)14-11-8-6-9-12-14;1-2/h2-12H2,1H3;1-2H3. The molecule has 17 heavy (non-hydrogen) atoms. The molecule has 0 N–H and O–H groups in total. The summed E-state index contributed by atoms with van der Waals surface area (Å²) in [5.74, 6) is 0.395. The van der Waals surface area contributed by atoms with E-state index in [1.807, 2.05) is 13.8 Å². The Morgan fingerprint density at radius 2 is 1.53 bits per heavy atom. The van der Waals surface area contributed by atoms with E-state index in [0.29, 0.717) is 5.91 Å². The fourth-order valence-corrected chi connectivity index (χ4v) is 2.18. The Kier molecular flexibility index (Phi) is 11.6. The fraction of sp³-hybridized carbons (Fsp3) is 0.933. The molecule has 0 bridgehead atoms. The second kappa shape index (κ2) is 11.9. The van der Waals surface area contributed by atoms with Crippen LogP contribution in [0.15, 0.2) is 0 Å². The summed E-state index contributed by atoms with van der Waals surface area (Å²) in [6.45, 7) is 8.24. The molecule has 0 atom stereocenters. The second-order valence-electron chi connectivity index (χ2n) is 4.61. The molecule has 0 radical (unpaired) electrons. The molecule has 1 saturated heterocycles. The molecule has 1 fully saturated rings. The van der Waals surface area contributed by atoms with Crippen LogP contribution in [0.3, 0.4) is 0 Å². The van der Waals surface area contributed by atoms with Crippen LogP contribution in [0.1, 0.15) is 78.6 Å². The number of rotatable bonds is 6. The van der Waals surface area contributed by atoms with Gasteiger partial charge in [0.1, 0.15) is 0 Å². The Labute approximate surface area is 108 Å². The Hall–Kier alpha value is -0.530. The predicted octanol–water partition coefficient (Wildman–Crippen LogP) is 4.39. The fourth-order valence-electron chi connectivity index (χ4n) is 2.18. The number of likely N-dealkylation sites (tertiary alicyclic amines) is 1. The van der Waals surface area contributed by atoms with Gasteiger partial charge < -0.3 is 4.90 Å². The predicted molar refractivity (Wildman–Crippen MR) is 75.2 cm³/mol. The van der Waals surface area contributed by atoms with Crippen molar-refractivity contribution in [2.75, 3.05) is 13.1 Å². The molecule has 0 aromatic carbocycles. The van der Waals surface area contributed by atoms with Crippen molar-refractivity contribution in [1.29, 1.82) is 0 Å². The van der Waals surface area contributed by atoms with Crippen LogP contribution in [0, 0.1) is 0 Å². The highest BCUT2D eigenvalue weighted by Gasteiger charge is 2.15. The van der Waals surface area contributed by atoms with Crippen molar-refractivity contribution in [3.05, 3.63) is 0 Å². The Balaban J connectivity index is 0.00000121. The van der Waals surface area contributed by atoms with Crippen molar-refractivity contribution in [2.45, 2.75) is 78.6 Å². The van der Waals surface area contributed by atoms with Crippen LogP contribution < -0.4 is 0 Å². The summed E-state index contributed by atoms with van der Waals surface area (Å²) in [4.78, 5) is 13.8. The van der Waals surface area contributed by atoms with Crippen LogP contribution in [0.5, 0.6) is 0 Å². The van der Waals surface area contributed by atoms with Gasteiger partial charge in [-0.3, -0.25) is 4.79 Å². The summed E-state index contributed by atoms with van der Waals surface area (Å²) in [5, 5.41) is 0. The maximum Gasteiger partial charge on any atom is 0.222 e. The lowest BCUT2D eigenvalue weighted by Gasteiger charge is -2.26. The van der Waals surface area contributed by atoms with Crippen LogP contribution in [-0.4, -0.2) is 23.9 Å². The number of amides is 1. The van der Waals surface area contributed by atoms with Crippen molar-refractivity contribution in [3.8, 4) is 0 Å². The molecule has 0 aliphatic carbocycles. The maximum atomic E-state index is 11.8. The molecule has 0 aromatic heterocycles. The SMILES string of the molecule is CC.CCCCCCCC(=O)N1CCCCC1. The van der Waals surface area contributed by atoms with E-state index in [-0.39, 0.29) is 0 Å². The molecule has 0 unspecified atom stereocenters. The molecular formula is C15H31NO. The number of piperidine rings is 1. The third-order valence-electron chi connectivity index (χ3n) is 3.20. The van der Waals surface area contributed by atoms with Crippen LogP contribution in [0.4, 0.5) is 0 Å². The number of nitrogens with zero attached hydrogens (tertiary/aromatic N) is 1. The quantitative estimate of drug-likeness (QED) is 0.632. The summed E-state index contributed by atoms with van der Waals surface area (Å²) in [7, 11) is 0. The first-order valence-electron chi connectivity index (χ1n) is 7.62. The van der Waals surface area contributed by atoms with E-state index >= 15 is 0 Å². The van der Waals surface area contributed by atoms with Crippen molar-refractivity contribution >= 4 is 5.91 Å². The second-order valence-corrected chi connectivity index (χ2v) is 4.61. The van der Waals surface area contributed by atoms with E-state index in [4.69, 9.17) is 0 Å². The molecule has 102 valence electrons. The van der Waals surface area contributed by atoms with Gasteiger partial charge in [0.15, 0.2) is 0 Å². The summed E-state index contributed by atoms with van der Waals surface area (Å²) in [6, 6.07) is 0. The first kappa shape index (κ1) is 16.5. The van der Waals surface area contributed by atoms with Gasteiger partial charge in [0, 0.05) is 19.5 Å². The molecule has 1 rings (SSSR count). The zero-order chi connectivity index (χ0) is 12.9. The molecule has 2 heteroatoms. The first-order chi connectivity index (χ1) is 8.34. The lowest BCUT2D eigenvalue weighted by Crippen LogP contribution is -2.35. The molecule has 0 spiro atoms. The van der Waals surface area contributed by atoms with Crippen molar-refractivity contribution in [3.63, 3.8) is 0 Å². The molecule has 0 saturated carbocycles. The summed E-state index contributed by atoms with van der Waals surface area (Å²) in [5.41, 5.74) is 0. The number of hydrogen-bond acceptors (Lipinski definition) is 1. The van der Waals surface area contributed by atoms with Crippen LogP contribution >= 0.6 is 0 Å². The Bertz CT molecular complexity index is 174. The maximum absolute atomic E-state index is 11.8. The monoisotopic (exact) mass is 241 g/mol. The highest BCUT2D eigenvalue weighted by Crippen LogP contribution is 2.12. The van der Waals surface area contributed by atoms with E-state index in [1.165, 1.54) is 44.9 Å². The van der Waals surface area contributed by atoms with Gasteiger partial charge in [0.05, 0.1) is 0 Å². The minimum Gasteiger partial charge on any atom is -0.343 e. The number of carbonyl (C=O) groups excluding carboxylic acids is 1. The van der Waals surface area contributed by atoms with Gasteiger partial charge >= 0.3 is 0 Å². The van der Waals surface area contributed by atoms with Crippen LogP contribution in [0.25, 0.3) is 0 Å². The molecule has 1 aliphatic heterocycles. The number of hydrogen-bond donors (Lipinski definition) is 0. The van der Waals surface area contributed by atoms with Gasteiger partial charge in [-0.05, 0) is 25.7 Å². The largest absolute Gasteiger partial charge is 0.343 e. The van der Waals surface area contributed by atoms with Gasteiger partial charge in [-0.1, -0.05) is 46.5 Å². The highest BCUT2D eigenvalue weighted by molar-refractivity contribution is 5.76. The Morgan fingerprint density at radius 1 is 0.941 bits per heavy atom. The van der Waals surface area contributed by atoms with E-state index < -0.39 is 0 Å². The summed E-state index contributed by atoms with van der Waals surface area (Å²) >= 11 is 0. The highest BCUT2D eigenvalue weighted by atomic mass is 16.2. The zero-order valence-corrected chi connectivity index (χ0v) is 12.1. The number of unbranched alkanes of at least 4 members (excludes halogenated alkanes) is 4. The third-order valence-corrected chi connectivity index (χ3v) is 3.20. The van der Waals surface area contributed by atoms with Crippen LogP contribution in [-0.2, 0) is 4.79 Å². The van der Waals surface area contributed by atoms with E-state index in [2.05, 4.69) is 11.8 Å². The summed E-state index contributed by atoms with van der Waals surface area (Å²) in [6.07, 6.45) is 10.7. The normalized spacial score (nSPS) is 15.1. The van der Waals surface area contributed by atoms with Gasteiger partial charge in [0.25, 0.3) is 0 Å². The van der Waals surface area contributed by atoms with Crippen LogP contribution in [0.2, 0.25) is 0 Å². The molecule has 1 heterocycles. The van der Waals surface area contributed by atoms with Crippen molar-refractivity contribution in [1.82, 2.24) is 4.90 Å². The first-order valence-corrected chi connectivity index (χ1v) is 7.62. The average molecular weight is 241 g/mol. The number of carbonyl (C=O) groups is 1. The molecule has 1 amide bonds. The van der Waals surface area contributed by atoms with E-state index in [0.717, 1.165) is 25.9 Å². The minimum absolute atomic E-state index is 0.395. The molecular weight excluding hydrogens is 210 g/mol. The van der Waals surface area contributed by atoms with E-state index in [1.54, 1.807) is 0 Å². The third kappa shape index (κ3) is 8.23. The molecule has 2 nitrogen and oxygen atoms in total. The lowest BCUT2D eigenvalue weighted by atomic mass is 10.1.